The van der Waals surface area contributed by atoms with Crippen molar-refractivity contribution in [3.8, 4) is 29.2 Å². The maximum atomic E-state index is 12.7. The molecule has 0 saturated carbocycles. The highest BCUT2D eigenvalue weighted by molar-refractivity contribution is 5.72. The Morgan fingerprint density at radius 1 is 1.10 bits per heavy atom. The quantitative estimate of drug-likeness (QED) is 0.740. The molecule has 0 atom stereocenters. The van der Waals surface area contributed by atoms with Crippen LogP contribution in [0.25, 0.3) is 11.1 Å². The van der Waals surface area contributed by atoms with E-state index in [1.54, 1.807) is 24.3 Å². The summed E-state index contributed by atoms with van der Waals surface area (Å²) in [5.74, 6) is 2.93. The van der Waals surface area contributed by atoms with Gasteiger partial charge >= 0.3 is 6.18 Å². The molecule has 0 aromatic heterocycles. The number of rotatable bonds is 2. The van der Waals surface area contributed by atoms with E-state index in [1.165, 1.54) is 13.2 Å². The largest absolute Gasteiger partial charge is 0.496 e. The van der Waals surface area contributed by atoms with Crippen molar-refractivity contribution < 1.29 is 17.9 Å². The van der Waals surface area contributed by atoms with Crippen molar-refractivity contribution in [3.63, 3.8) is 0 Å². The molecule has 0 unspecified atom stereocenters. The second kappa shape index (κ2) is 5.30. The highest BCUT2D eigenvalue weighted by Gasteiger charge is 2.30. The lowest BCUT2D eigenvalue weighted by Crippen LogP contribution is -2.04. The minimum absolute atomic E-state index is 0.411. The van der Waals surface area contributed by atoms with Gasteiger partial charge in [-0.25, -0.2) is 0 Å². The van der Waals surface area contributed by atoms with Crippen LogP contribution in [-0.2, 0) is 6.18 Å². The predicted octanol–water partition coefficient (Wildman–Crippen LogP) is 4.36. The first-order valence-corrected chi connectivity index (χ1v) is 5.78. The van der Waals surface area contributed by atoms with Gasteiger partial charge in [0, 0.05) is 11.1 Å². The van der Waals surface area contributed by atoms with E-state index in [4.69, 9.17) is 11.2 Å². The van der Waals surface area contributed by atoms with E-state index in [9.17, 15) is 13.2 Å². The van der Waals surface area contributed by atoms with Gasteiger partial charge in [-0.2, -0.15) is 13.2 Å². The summed E-state index contributed by atoms with van der Waals surface area (Å²) in [5.41, 5.74) is 0.823. The molecule has 0 fully saturated rings. The van der Waals surface area contributed by atoms with Crippen LogP contribution >= 0.6 is 0 Å². The van der Waals surface area contributed by atoms with E-state index in [2.05, 4.69) is 5.92 Å². The molecule has 0 saturated heterocycles. The van der Waals surface area contributed by atoms with Gasteiger partial charge in [-0.3, -0.25) is 0 Å². The third-order valence-electron chi connectivity index (χ3n) is 2.87. The molecule has 0 aliphatic carbocycles. The standard InChI is InChI=1S/C16H11F3O/c1-3-11-7-8-15(20-2)14(9-11)12-5-4-6-13(10-12)16(17,18)19/h1,4-10H,2H3. The monoisotopic (exact) mass is 276 g/mol. The summed E-state index contributed by atoms with van der Waals surface area (Å²) in [6.45, 7) is 0. The zero-order valence-corrected chi connectivity index (χ0v) is 10.7. The van der Waals surface area contributed by atoms with Crippen molar-refractivity contribution in [2.24, 2.45) is 0 Å². The van der Waals surface area contributed by atoms with Gasteiger partial charge in [-0.05, 0) is 35.9 Å². The highest BCUT2D eigenvalue weighted by Crippen LogP contribution is 2.35. The van der Waals surface area contributed by atoms with Crippen molar-refractivity contribution in [1.29, 1.82) is 0 Å². The zero-order valence-electron chi connectivity index (χ0n) is 10.7. The molecule has 0 amide bonds. The number of ether oxygens (including phenoxy) is 1. The molecule has 1 nitrogen and oxygen atoms in total. The zero-order chi connectivity index (χ0) is 14.8. The average molecular weight is 276 g/mol. The maximum Gasteiger partial charge on any atom is 0.416 e. The molecule has 20 heavy (non-hydrogen) atoms. The van der Waals surface area contributed by atoms with Gasteiger partial charge in [-0.15, -0.1) is 6.42 Å². The fourth-order valence-corrected chi connectivity index (χ4v) is 1.89. The summed E-state index contributed by atoms with van der Waals surface area (Å²) in [6.07, 6.45) is 0.935. The van der Waals surface area contributed by atoms with Gasteiger partial charge in [0.1, 0.15) is 5.75 Å². The van der Waals surface area contributed by atoms with Crippen LogP contribution < -0.4 is 4.74 Å². The molecular weight excluding hydrogens is 265 g/mol. The Hall–Kier alpha value is -2.41. The first-order valence-electron chi connectivity index (χ1n) is 5.78. The van der Waals surface area contributed by atoms with Gasteiger partial charge in [-0.1, -0.05) is 18.1 Å². The smallest absolute Gasteiger partial charge is 0.416 e. The second-order valence-corrected chi connectivity index (χ2v) is 4.14. The number of terminal acetylenes is 1. The molecular formula is C16H11F3O. The summed E-state index contributed by atoms with van der Waals surface area (Å²) in [7, 11) is 1.46. The fourth-order valence-electron chi connectivity index (χ4n) is 1.89. The minimum atomic E-state index is -4.38. The van der Waals surface area contributed by atoms with Crippen LogP contribution in [0.15, 0.2) is 42.5 Å². The number of hydrogen-bond donors (Lipinski definition) is 0. The molecule has 0 N–H and O–H groups in total. The summed E-state index contributed by atoms with van der Waals surface area (Å²) < 4.78 is 43.4. The van der Waals surface area contributed by atoms with Crippen LogP contribution in [0.2, 0.25) is 0 Å². The number of halogens is 3. The minimum Gasteiger partial charge on any atom is -0.496 e. The molecule has 102 valence electrons. The summed E-state index contributed by atoms with van der Waals surface area (Å²) in [5, 5.41) is 0. The summed E-state index contributed by atoms with van der Waals surface area (Å²) >= 11 is 0. The van der Waals surface area contributed by atoms with E-state index >= 15 is 0 Å². The van der Waals surface area contributed by atoms with Gasteiger partial charge in [0.2, 0.25) is 0 Å². The molecule has 2 aromatic rings. The fraction of sp³-hybridized carbons (Fsp3) is 0.125. The van der Waals surface area contributed by atoms with Crippen molar-refractivity contribution in [2.75, 3.05) is 7.11 Å². The van der Waals surface area contributed by atoms with E-state index in [0.717, 1.165) is 12.1 Å². The normalized spacial score (nSPS) is 10.9. The summed E-state index contributed by atoms with van der Waals surface area (Å²) in [6, 6.07) is 10.0. The summed E-state index contributed by atoms with van der Waals surface area (Å²) in [4.78, 5) is 0. The lowest BCUT2D eigenvalue weighted by molar-refractivity contribution is -0.137. The number of methoxy groups -OCH3 is 1. The Labute approximate surface area is 115 Å². The van der Waals surface area contributed by atoms with Gasteiger partial charge in [0.25, 0.3) is 0 Å². The van der Waals surface area contributed by atoms with Crippen LogP contribution in [0.5, 0.6) is 5.75 Å². The van der Waals surface area contributed by atoms with Gasteiger partial charge in [0.05, 0.1) is 12.7 Å². The van der Waals surface area contributed by atoms with Crippen LogP contribution in [0.4, 0.5) is 13.2 Å². The SMILES string of the molecule is C#Cc1ccc(OC)c(-c2cccc(C(F)(F)F)c2)c1. The average Bonchev–Trinajstić information content (AvgIpc) is 2.45. The van der Waals surface area contributed by atoms with Crippen molar-refractivity contribution >= 4 is 0 Å². The highest BCUT2D eigenvalue weighted by atomic mass is 19.4. The predicted molar refractivity (Wildman–Crippen MR) is 71.4 cm³/mol. The Balaban J connectivity index is 2.59. The molecule has 0 radical (unpaired) electrons. The molecule has 0 heterocycles. The number of alkyl halides is 3. The van der Waals surface area contributed by atoms with E-state index in [-0.39, 0.29) is 0 Å². The third kappa shape index (κ3) is 2.77. The van der Waals surface area contributed by atoms with Crippen LogP contribution in [0.3, 0.4) is 0 Å². The maximum absolute atomic E-state index is 12.7. The van der Waals surface area contributed by atoms with Crippen LogP contribution in [0, 0.1) is 12.3 Å². The van der Waals surface area contributed by atoms with E-state index in [1.807, 2.05) is 0 Å². The molecule has 2 rings (SSSR count). The topological polar surface area (TPSA) is 9.23 Å². The van der Waals surface area contributed by atoms with Crippen molar-refractivity contribution in [1.82, 2.24) is 0 Å². The molecule has 0 bridgehead atoms. The van der Waals surface area contributed by atoms with Crippen LogP contribution in [0.1, 0.15) is 11.1 Å². The molecule has 0 aliphatic rings. The lowest BCUT2D eigenvalue weighted by atomic mass is 10.00. The Kier molecular flexibility index (Phi) is 3.71. The number of hydrogen-bond acceptors (Lipinski definition) is 1. The number of benzene rings is 2. The first-order chi connectivity index (χ1) is 9.45. The van der Waals surface area contributed by atoms with Crippen LogP contribution in [-0.4, -0.2) is 7.11 Å². The molecule has 0 spiro atoms. The molecule has 4 heteroatoms. The lowest BCUT2D eigenvalue weighted by Gasteiger charge is -2.12. The van der Waals surface area contributed by atoms with Crippen molar-refractivity contribution in [3.05, 3.63) is 53.6 Å². The third-order valence-corrected chi connectivity index (χ3v) is 2.87. The van der Waals surface area contributed by atoms with Gasteiger partial charge in [0.15, 0.2) is 0 Å². The van der Waals surface area contributed by atoms with Crippen molar-refractivity contribution in [2.45, 2.75) is 6.18 Å². The van der Waals surface area contributed by atoms with E-state index < -0.39 is 11.7 Å². The first kappa shape index (κ1) is 14.0. The molecule has 0 aliphatic heterocycles. The second-order valence-electron chi connectivity index (χ2n) is 4.14. The van der Waals surface area contributed by atoms with E-state index in [0.29, 0.717) is 22.4 Å². The Morgan fingerprint density at radius 3 is 2.45 bits per heavy atom. The van der Waals surface area contributed by atoms with Gasteiger partial charge < -0.3 is 4.74 Å². The Morgan fingerprint density at radius 2 is 1.85 bits per heavy atom. The molecule has 2 aromatic carbocycles. The Bertz CT molecular complexity index is 666.